The van der Waals surface area contributed by atoms with Crippen LogP contribution in [0.15, 0.2) is 4.99 Å². The molecule has 1 aliphatic carbocycles. The van der Waals surface area contributed by atoms with Gasteiger partial charge in [0.1, 0.15) is 0 Å². The van der Waals surface area contributed by atoms with Gasteiger partial charge in [0.05, 0.1) is 6.26 Å². The van der Waals surface area contributed by atoms with Crippen molar-refractivity contribution in [3.05, 3.63) is 0 Å². The van der Waals surface area contributed by atoms with Gasteiger partial charge in [-0.25, -0.2) is 12.7 Å². The van der Waals surface area contributed by atoms with Crippen LogP contribution in [0.3, 0.4) is 0 Å². The SMILES string of the molecule is CCNC(=NCCCN(CC)S(C)(=O)=O)NC1CCC(SC)C1. The summed E-state index contributed by atoms with van der Waals surface area (Å²) in [7, 11) is -3.10. The normalized spacial score (nSPS) is 22.6. The van der Waals surface area contributed by atoms with E-state index in [0.717, 1.165) is 24.2 Å². The Bertz CT molecular complexity index is 468. The Balaban J connectivity index is 2.43. The molecule has 0 amide bonds. The standard InChI is InChI=1S/C15H32N4O2S2/c1-5-16-15(18-13-8-9-14(12-13)22-3)17-10-7-11-19(6-2)23(4,20)21/h13-14H,5-12H2,1-4H3,(H2,16,17,18). The molecular formula is C15H32N4O2S2. The topological polar surface area (TPSA) is 73.8 Å². The third-order valence-electron chi connectivity index (χ3n) is 4.06. The first kappa shape index (κ1) is 20.6. The van der Waals surface area contributed by atoms with E-state index in [2.05, 4.69) is 28.8 Å². The first-order valence-corrected chi connectivity index (χ1v) is 11.6. The molecule has 1 aliphatic rings. The van der Waals surface area contributed by atoms with Crippen molar-refractivity contribution >= 4 is 27.7 Å². The molecule has 0 spiro atoms. The van der Waals surface area contributed by atoms with Crippen LogP contribution in [0.1, 0.15) is 39.5 Å². The minimum atomic E-state index is -3.10. The van der Waals surface area contributed by atoms with Gasteiger partial charge in [0, 0.05) is 37.5 Å². The summed E-state index contributed by atoms with van der Waals surface area (Å²) in [6.07, 6.45) is 7.80. The van der Waals surface area contributed by atoms with Crippen molar-refractivity contribution in [1.29, 1.82) is 0 Å². The first-order valence-electron chi connectivity index (χ1n) is 8.43. The Morgan fingerprint density at radius 1 is 1.35 bits per heavy atom. The van der Waals surface area contributed by atoms with Gasteiger partial charge >= 0.3 is 0 Å². The van der Waals surface area contributed by atoms with E-state index in [1.807, 2.05) is 18.7 Å². The van der Waals surface area contributed by atoms with Gasteiger partial charge in [0.2, 0.25) is 10.0 Å². The van der Waals surface area contributed by atoms with Crippen molar-refractivity contribution in [2.24, 2.45) is 4.99 Å². The number of sulfonamides is 1. The van der Waals surface area contributed by atoms with Crippen LogP contribution in [0.25, 0.3) is 0 Å². The molecule has 0 radical (unpaired) electrons. The van der Waals surface area contributed by atoms with Crippen LogP contribution in [0.2, 0.25) is 0 Å². The van der Waals surface area contributed by atoms with Crippen molar-refractivity contribution in [2.45, 2.75) is 50.8 Å². The second-order valence-corrected chi connectivity index (χ2v) is 9.00. The molecule has 6 nitrogen and oxygen atoms in total. The summed E-state index contributed by atoms with van der Waals surface area (Å²) < 4.78 is 24.6. The summed E-state index contributed by atoms with van der Waals surface area (Å²) in [6, 6.07) is 0.494. The molecule has 0 aromatic heterocycles. The highest BCUT2D eigenvalue weighted by Crippen LogP contribution is 2.27. The van der Waals surface area contributed by atoms with E-state index >= 15 is 0 Å². The average Bonchev–Trinajstić information content (AvgIpc) is 2.93. The average molecular weight is 365 g/mol. The van der Waals surface area contributed by atoms with Gasteiger partial charge in [-0.05, 0) is 38.9 Å². The van der Waals surface area contributed by atoms with Gasteiger partial charge < -0.3 is 10.6 Å². The maximum absolute atomic E-state index is 11.5. The molecule has 2 N–H and O–H groups in total. The molecule has 2 atom stereocenters. The van der Waals surface area contributed by atoms with Crippen molar-refractivity contribution in [2.75, 3.05) is 38.7 Å². The minimum Gasteiger partial charge on any atom is -0.357 e. The molecule has 8 heteroatoms. The van der Waals surface area contributed by atoms with Crippen molar-refractivity contribution in [3.63, 3.8) is 0 Å². The van der Waals surface area contributed by atoms with E-state index in [-0.39, 0.29) is 0 Å². The fourth-order valence-electron chi connectivity index (χ4n) is 2.80. The Kier molecular flexibility index (Phi) is 9.31. The van der Waals surface area contributed by atoms with Crippen molar-refractivity contribution < 1.29 is 8.42 Å². The van der Waals surface area contributed by atoms with E-state index in [1.165, 1.54) is 29.8 Å². The van der Waals surface area contributed by atoms with E-state index in [4.69, 9.17) is 0 Å². The first-order chi connectivity index (χ1) is 10.9. The predicted molar refractivity (Wildman–Crippen MR) is 101 cm³/mol. The second kappa shape index (κ2) is 10.4. The van der Waals surface area contributed by atoms with Gasteiger partial charge in [-0.3, -0.25) is 4.99 Å². The van der Waals surface area contributed by atoms with Crippen LogP contribution in [0.4, 0.5) is 0 Å². The molecule has 0 aromatic rings. The predicted octanol–water partition coefficient (Wildman–Crippen LogP) is 1.50. The molecular weight excluding hydrogens is 332 g/mol. The molecule has 1 saturated carbocycles. The molecule has 23 heavy (non-hydrogen) atoms. The highest BCUT2D eigenvalue weighted by molar-refractivity contribution is 7.99. The summed E-state index contributed by atoms with van der Waals surface area (Å²) in [6.45, 7) is 6.40. The molecule has 1 rings (SSSR count). The number of hydrogen-bond acceptors (Lipinski definition) is 4. The quantitative estimate of drug-likeness (QED) is 0.368. The molecule has 136 valence electrons. The lowest BCUT2D eigenvalue weighted by Gasteiger charge is -2.18. The monoisotopic (exact) mass is 364 g/mol. The Labute approximate surface area is 145 Å². The Hall–Kier alpha value is -0.470. The summed E-state index contributed by atoms with van der Waals surface area (Å²) in [4.78, 5) is 4.58. The molecule has 0 saturated heterocycles. The highest BCUT2D eigenvalue weighted by Gasteiger charge is 2.24. The molecule has 0 aromatic carbocycles. The van der Waals surface area contributed by atoms with Crippen LogP contribution in [0, 0.1) is 0 Å². The van der Waals surface area contributed by atoms with E-state index in [0.29, 0.717) is 25.7 Å². The Morgan fingerprint density at radius 3 is 2.61 bits per heavy atom. The van der Waals surface area contributed by atoms with E-state index in [1.54, 1.807) is 0 Å². The van der Waals surface area contributed by atoms with Gasteiger partial charge in [-0.1, -0.05) is 6.92 Å². The molecule has 0 bridgehead atoms. The maximum atomic E-state index is 11.5. The zero-order valence-corrected chi connectivity index (χ0v) is 16.5. The maximum Gasteiger partial charge on any atom is 0.211 e. The lowest BCUT2D eigenvalue weighted by atomic mass is 10.2. The minimum absolute atomic E-state index is 0.494. The zero-order valence-electron chi connectivity index (χ0n) is 14.8. The van der Waals surface area contributed by atoms with E-state index in [9.17, 15) is 8.42 Å². The van der Waals surface area contributed by atoms with Crippen LogP contribution in [-0.2, 0) is 10.0 Å². The van der Waals surface area contributed by atoms with E-state index < -0.39 is 10.0 Å². The number of hydrogen-bond donors (Lipinski definition) is 2. The number of nitrogens with one attached hydrogen (secondary N) is 2. The van der Waals surface area contributed by atoms with Crippen molar-refractivity contribution in [1.82, 2.24) is 14.9 Å². The molecule has 1 fully saturated rings. The summed E-state index contributed by atoms with van der Waals surface area (Å²) in [5, 5.41) is 7.54. The second-order valence-electron chi connectivity index (χ2n) is 5.88. The summed E-state index contributed by atoms with van der Waals surface area (Å²) >= 11 is 1.94. The fraction of sp³-hybridized carbons (Fsp3) is 0.933. The van der Waals surface area contributed by atoms with Crippen LogP contribution in [0.5, 0.6) is 0 Å². The largest absolute Gasteiger partial charge is 0.357 e. The number of rotatable bonds is 9. The number of nitrogens with zero attached hydrogens (tertiary/aromatic N) is 2. The lowest BCUT2D eigenvalue weighted by Crippen LogP contribution is -2.42. The lowest BCUT2D eigenvalue weighted by molar-refractivity contribution is 0.427. The Morgan fingerprint density at radius 2 is 2.09 bits per heavy atom. The van der Waals surface area contributed by atoms with Gasteiger partial charge in [0.15, 0.2) is 5.96 Å². The summed E-state index contributed by atoms with van der Waals surface area (Å²) in [5.41, 5.74) is 0. The smallest absolute Gasteiger partial charge is 0.211 e. The van der Waals surface area contributed by atoms with Crippen LogP contribution >= 0.6 is 11.8 Å². The van der Waals surface area contributed by atoms with Gasteiger partial charge in [-0.2, -0.15) is 11.8 Å². The number of guanidine groups is 1. The highest BCUT2D eigenvalue weighted by atomic mass is 32.2. The number of aliphatic imine (C=N–C) groups is 1. The van der Waals surface area contributed by atoms with Gasteiger partial charge in [0.25, 0.3) is 0 Å². The number of thioether (sulfide) groups is 1. The van der Waals surface area contributed by atoms with Gasteiger partial charge in [-0.15, -0.1) is 0 Å². The summed E-state index contributed by atoms with van der Waals surface area (Å²) in [5.74, 6) is 0.849. The molecule has 0 heterocycles. The third kappa shape index (κ3) is 7.76. The zero-order chi connectivity index (χ0) is 17.3. The fourth-order valence-corrected chi connectivity index (χ4v) is 4.52. The van der Waals surface area contributed by atoms with Crippen molar-refractivity contribution in [3.8, 4) is 0 Å². The van der Waals surface area contributed by atoms with Crippen LogP contribution in [-0.4, -0.2) is 68.7 Å². The third-order valence-corrected chi connectivity index (χ3v) is 6.53. The molecule has 2 unspecified atom stereocenters. The molecule has 0 aliphatic heterocycles. The van der Waals surface area contributed by atoms with Crippen LogP contribution < -0.4 is 10.6 Å².